The van der Waals surface area contributed by atoms with Crippen LogP contribution in [0, 0.1) is 5.41 Å². The summed E-state index contributed by atoms with van der Waals surface area (Å²) in [6, 6.07) is 14.3. The maximum Gasteiger partial charge on any atom is 0.0706 e. The van der Waals surface area contributed by atoms with Crippen molar-refractivity contribution in [1.82, 2.24) is 4.90 Å². The van der Waals surface area contributed by atoms with Gasteiger partial charge in [0.2, 0.25) is 0 Å². The quantitative estimate of drug-likeness (QED) is 0.485. The summed E-state index contributed by atoms with van der Waals surface area (Å²) < 4.78 is 0. The summed E-state index contributed by atoms with van der Waals surface area (Å²) in [5.74, 6) is -0.320. The highest BCUT2D eigenvalue weighted by Gasteiger charge is 2.08. The first-order valence-corrected chi connectivity index (χ1v) is 7.58. The van der Waals surface area contributed by atoms with Gasteiger partial charge in [-0.25, -0.2) is 0 Å². The molecule has 0 atom stereocenters. The summed E-state index contributed by atoms with van der Waals surface area (Å²) in [4.78, 5) is 6.00. The van der Waals surface area contributed by atoms with E-state index in [4.69, 9.17) is 11.1 Å². The van der Waals surface area contributed by atoms with Crippen LogP contribution in [0.5, 0.6) is 0 Å². The van der Waals surface area contributed by atoms with Crippen molar-refractivity contribution in [3.8, 4) is 0 Å². The monoisotopic (exact) mass is 321 g/mol. The summed E-state index contributed by atoms with van der Waals surface area (Å²) in [5.41, 5.74) is 8.62. The number of benzene rings is 2. The highest BCUT2D eigenvalue weighted by Crippen LogP contribution is 2.20. The first kappa shape index (κ1) is 17.4. The van der Waals surface area contributed by atoms with E-state index < -0.39 is 0 Å². The van der Waals surface area contributed by atoms with Gasteiger partial charge in [-0.05, 0) is 38.2 Å². The van der Waals surface area contributed by atoms with Crippen LogP contribution in [0.2, 0.25) is 0 Å². The van der Waals surface area contributed by atoms with Crippen LogP contribution in [-0.2, 0) is 0 Å². The zero-order valence-corrected chi connectivity index (χ0v) is 13.9. The molecule has 0 saturated carbocycles. The zero-order valence-electron chi connectivity index (χ0n) is 13.9. The molecule has 0 aliphatic carbocycles. The molecule has 0 aliphatic rings. The van der Waals surface area contributed by atoms with E-state index in [-0.39, 0.29) is 5.90 Å². The fourth-order valence-corrected chi connectivity index (χ4v) is 2.14. The Morgan fingerprint density at radius 2 is 1.96 bits per heavy atom. The lowest BCUT2D eigenvalue weighted by Gasteiger charge is -2.10. The minimum atomic E-state index is -0.320. The first-order chi connectivity index (χ1) is 11.5. The second-order valence-electron chi connectivity index (χ2n) is 5.63. The average molecular weight is 321 g/mol. The lowest BCUT2D eigenvalue weighted by atomic mass is 10.0. The number of likely N-dealkylation sites (N-methyl/N-ethyl adjacent to an activating group) is 1. The highest BCUT2D eigenvalue weighted by molar-refractivity contribution is 6.14. The van der Waals surface area contributed by atoms with E-state index in [0.29, 0.717) is 34.8 Å². The molecule has 2 aromatic rings. The molecule has 5 heteroatoms. The molecular weight excluding hydrogens is 300 g/mol. The Bertz CT molecular complexity index is 778. The lowest BCUT2D eigenvalue weighted by Crippen LogP contribution is -2.15. The number of hydrogen-bond donors (Lipinski definition) is 2. The van der Waals surface area contributed by atoms with E-state index in [0.717, 1.165) is 0 Å². The van der Waals surface area contributed by atoms with Crippen molar-refractivity contribution in [2.75, 3.05) is 26.4 Å². The molecule has 0 bridgehead atoms. The maximum atomic E-state index is 11.9. The molecule has 0 spiro atoms. The standard InChI is InChI=1S/C19H22N4O/c1-23(2)12-6-11-18(24)22-15-8-5-7-14(13-15)19(21)16-9-3-4-10-17(16)20/h3-11,13,21H,12,20H2,1-2H3,(H,22,24)/p-1/b11-6+,21-19?. The van der Waals surface area contributed by atoms with Crippen molar-refractivity contribution in [3.05, 3.63) is 71.8 Å². The molecule has 2 rings (SSSR count). The van der Waals surface area contributed by atoms with Crippen molar-refractivity contribution in [2.45, 2.75) is 0 Å². The number of nitrogens with one attached hydrogen (secondary N) is 1. The second-order valence-corrected chi connectivity index (χ2v) is 5.63. The van der Waals surface area contributed by atoms with Gasteiger partial charge in [-0.1, -0.05) is 42.5 Å². The number of nitrogens with zero attached hydrogens (tertiary/aromatic N) is 2. The van der Waals surface area contributed by atoms with Crippen LogP contribution in [0.3, 0.4) is 0 Å². The number of nitrogens with two attached hydrogens (primary N) is 1. The molecule has 3 N–H and O–H groups in total. The highest BCUT2D eigenvalue weighted by atomic mass is 16.3. The summed E-state index contributed by atoms with van der Waals surface area (Å²) in [6.07, 6.45) is 3.22. The Morgan fingerprint density at radius 3 is 2.67 bits per heavy atom. The molecule has 0 unspecified atom stereocenters. The van der Waals surface area contributed by atoms with Crippen LogP contribution < -0.4 is 10.8 Å². The van der Waals surface area contributed by atoms with E-state index in [9.17, 15) is 5.11 Å². The van der Waals surface area contributed by atoms with Gasteiger partial charge in [0.1, 0.15) is 0 Å². The van der Waals surface area contributed by atoms with Gasteiger partial charge in [-0.2, -0.15) is 0 Å². The van der Waals surface area contributed by atoms with Crippen LogP contribution in [0.4, 0.5) is 11.4 Å². The molecule has 0 amide bonds. The van der Waals surface area contributed by atoms with E-state index in [1.54, 1.807) is 42.5 Å². The van der Waals surface area contributed by atoms with Crippen molar-refractivity contribution >= 4 is 23.0 Å². The summed E-state index contributed by atoms with van der Waals surface area (Å²) in [6.45, 7) is 0.680. The Hall–Kier alpha value is -2.92. The topological polar surface area (TPSA) is 88.5 Å². The third-order valence-electron chi connectivity index (χ3n) is 3.34. The van der Waals surface area contributed by atoms with Crippen molar-refractivity contribution < 1.29 is 5.11 Å². The Balaban J connectivity index is 2.21. The molecule has 2 aromatic carbocycles. The van der Waals surface area contributed by atoms with Crippen LogP contribution in [0.25, 0.3) is 0 Å². The number of rotatable bonds is 6. The fraction of sp³-hybridized carbons (Fsp3) is 0.158. The molecule has 0 heterocycles. The van der Waals surface area contributed by atoms with Crippen molar-refractivity contribution in [2.24, 2.45) is 4.99 Å². The number of nitrogen functional groups attached to an aromatic ring is 1. The third kappa shape index (κ3) is 4.79. The summed E-state index contributed by atoms with van der Waals surface area (Å²) in [5, 5.41) is 20.2. The number of anilines is 1. The molecule has 0 fully saturated rings. The number of aliphatic imine (C=N–C) groups is 1. The van der Waals surface area contributed by atoms with Crippen molar-refractivity contribution in [1.29, 1.82) is 5.41 Å². The molecule has 0 aromatic heterocycles. The molecule has 0 saturated heterocycles. The molecular formula is C19H21N4O-. The smallest absolute Gasteiger partial charge is 0.0706 e. The van der Waals surface area contributed by atoms with E-state index in [1.165, 1.54) is 6.08 Å². The van der Waals surface area contributed by atoms with Gasteiger partial charge in [0.05, 0.1) is 11.4 Å². The fourth-order valence-electron chi connectivity index (χ4n) is 2.14. The van der Waals surface area contributed by atoms with Crippen molar-refractivity contribution in [3.63, 3.8) is 0 Å². The molecule has 0 radical (unpaired) electrons. The Morgan fingerprint density at radius 1 is 1.21 bits per heavy atom. The Kier molecular flexibility index (Phi) is 5.87. The SMILES string of the molecule is CN(C)C/C=C/C([O-])=Nc1cccc(C(=N)c2ccccc2N)c1. The van der Waals surface area contributed by atoms with Crippen LogP contribution in [0.1, 0.15) is 11.1 Å². The number of hydrogen-bond acceptors (Lipinski definition) is 5. The summed E-state index contributed by atoms with van der Waals surface area (Å²) >= 11 is 0. The van der Waals surface area contributed by atoms with Gasteiger partial charge in [-0.15, -0.1) is 0 Å². The lowest BCUT2D eigenvalue weighted by molar-refractivity contribution is -0.211. The van der Waals surface area contributed by atoms with Crippen LogP contribution in [0.15, 0.2) is 65.7 Å². The predicted octanol–water partition coefficient (Wildman–Crippen LogP) is 2.19. The average Bonchev–Trinajstić information content (AvgIpc) is 2.54. The van der Waals surface area contributed by atoms with Gasteiger partial charge in [0.15, 0.2) is 0 Å². The minimum Gasteiger partial charge on any atom is -0.859 e. The minimum absolute atomic E-state index is 0.306. The predicted molar refractivity (Wildman–Crippen MR) is 98.0 cm³/mol. The Labute approximate surface area is 142 Å². The molecule has 124 valence electrons. The van der Waals surface area contributed by atoms with Crippen LogP contribution in [-0.4, -0.2) is 37.1 Å². The van der Waals surface area contributed by atoms with Crippen LogP contribution >= 0.6 is 0 Å². The van der Waals surface area contributed by atoms with Gasteiger partial charge >= 0.3 is 0 Å². The molecule has 0 aliphatic heterocycles. The van der Waals surface area contributed by atoms with E-state index in [1.807, 2.05) is 31.1 Å². The van der Waals surface area contributed by atoms with E-state index >= 15 is 0 Å². The van der Waals surface area contributed by atoms with Gasteiger partial charge in [-0.3, -0.25) is 10.4 Å². The first-order valence-electron chi connectivity index (χ1n) is 7.58. The van der Waals surface area contributed by atoms with Gasteiger partial charge in [0.25, 0.3) is 0 Å². The van der Waals surface area contributed by atoms with Gasteiger partial charge < -0.3 is 15.7 Å². The summed E-state index contributed by atoms with van der Waals surface area (Å²) in [7, 11) is 3.85. The maximum absolute atomic E-state index is 11.9. The largest absolute Gasteiger partial charge is 0.859 e. The second kappa shape index (κ2) is 8.08. The molecule has 5 nitrogen and oxygen atoms in total. The number of para-hydroxylation sites is 1. The third-order valence-corrected chi connectivity index (χ3v) is 3.34. The normalized spacial score (nSPS) is 12.0. The molecule has 24 heavy (non-hydrogen) atoms. The van der Waals surface area contributed by atoms with Gasteiger partial charge in [0, 0.05) is 23.4 Å². The zero-order chi connectivity index (χ0) is 17.5. The van der Waals surface area contributed by atoms with E-state index in [2.05, 4.69) is 4.99 Å².